The molecule has 1 aliphatic rings. The van der Waals surface area contributed by atoms with Crippen LogP contribution in [0.3, 0.4) is 0 Å². The Kier molecular flexibility index (Phi) is 3.54. The van der Waals surface area contributed by atoms with Gasteiger partial charge in [0.1, 0.15) is 11.6 Å². The maximum atomic E-state index is 11.4. The molecule has 0 spiro atoms. The number of rotatable bonds is 4. The molecule has 0 amide bonds. The first-order valence-electron chi connectivity index (χ1n) is 7.90. The lowest BCUT2D eigenvalue weighted by Gasteiger charge is -2.28. The average molecular weight is 334 g/mol. The molecule has 0 aromatic carbocycles. The van der Waals surface area contributed by atoms with Gasteiger partial charge in [-0.05, 0) is 25.3 Å². The number of nitriles is 1. The highest BCUT2D eigenvalue weighted by Crippen LogP contribution is 2.27. The third kappa shape index (κ3) is 2.65. The molecule has 0 bridgehead atoms. The van der Waals surface area contributed by atoms with Crippen molar-refractivity contribution >= 4 is 22.7 Å². The zero-order valence-corrected chi connectivity index (χ0v) is 13.2. The molecule has 2 N–H and O–H groups in total. The van der Waals surface area contributed by atoms with Gasteiger partial charge < -0.3 is 10.4 Å². The zero-order valence-electron chi connectivity index (χ0n) is 13.2. The SMILES string of the molecule is N#Cc1cnc2c(cnn2-c2cc(NC3CCC3)c(C(=O)O)cn2)c1. The summed E-state index contributed by atoms with van der Waals surface area (Å²) in [6.45, 7) is 0. The Hall–Kier alpha value is -3.47. The van der Waals surface area contributed by atoms with Gasteiger partial charge in [-0.1, -0.05) is 0 Å². The van der Waals surface area contributed by atoms with Crippen LogP contribution in [0.2, 0.25) is 0 Å². The smallest absolute Gasteiger partial charge is 0.339 e. The molecule has 0 saturated heterocycles. The van der Waals surface area contributed by atoms with Gasteiger partial charge in [0.25, 0.3) is 0 Å². The van der Waals surface area contributed by atoms with Gasteiger partial charge in [-0.2, -0.15) is 15.0 Å². The van der Waals surface area contributed by atoms with E-state index in [4.69, 9.17) is 5.26 Å². The predicted octanol–water partition coefficient (Wildman–Crippen LogP) is 2.35. The van der Waals surface area contributed by atoms with Crippen molar-refractivity contribution in [2.24, 2.45) is 0 Å². The Balaban J connectivity index is 1.78. The number of fused-ring (bicyclic) bond motifs is 1. The lowest BCUT2D eigenvalue weighted by molar-refractivity contribution is 0.0697. The van der Waals surface area contributed by atoms with Crippen molar-refractivity contribution in [1.29, 1.82) is 5.26 Å². The molecule has 0 aliphatic heterocycles. The molecule has 0 unspecified atom stereocenters. The van der Waals surface area contributed by atoms with E-state index < -0.39 is 5.97 Å². The van der Waals surface area contributed by atoms with Crippen LogP contribution in [0.5, 0.6) is 0 Å². The monoisotopic (exact) mass is 334 g/mol. The van der Waals surface area contributed by atoms with Crippen LogP contribution < -0.4 is 5.32 Å². The molecule has 8 heteroatoms. The molecule has 3 heterocycles. The fourth-order valence-electron chi connectivity index (χ4n) is 2.77. The van der Waals surface area contributed by atoms with E-state index in [2.05, 4.69) is 20.4 Å². The Bertz CT molecular complexity index is 1020. The number of pyridine rings is 2. The molecule has 124 valence electrons. The second kappa shape index (κ2) is 5.87. The molecule has 3 aromatic rings. The van der Waals surface area contributed by atoms with Crippen molar-refractivity contribution in [2.75, 3.05) is 5.32 Å². The van der Waals surface area contributed by atoms with Crippen LogP contribution >= 0.6 is 0 Å². The second-order valence-corrected chi connectivity index (χ2v) is 5.97. The molecule has 1 saturated carbocycles. The topological polar surface area (TPSA) is 117 Å². The van der Waals surface area contributed by atoms with Gasteiger partial charge in [0.05, 0.1) is 17.4 Å². The van der Waals surface area contributed by atoms with E-state index in [1.54, 1.807) is 18.3 Å². The number of hydrogen-bond acceptors (Lipinski definition) is 6. The predicted molar refractivity (Wildman–Crippen MR) is 89.6 cm³/mol. The molecule has 0 atom stereocenters. The standard InChI is InChI=1S/C17H14N6O2/c18-6-10-4-11-8-21-23(16(11)20-7-10)15-5-14(22-12-2-1-3-12)13(9-19-15)17(24)25/h4-5,7-9,12H,1-3H2,(H,19,22)(H,24,25). The first-order chi connectivity index (χ1) is 12.2. The quantitative estimate of drug-likeness (QED) is 0.752. The summed E-state index contributed by atoms with van der Waals surface area (Å²) in [5, 5.41) is 26.6. The van der Waals surface area contributed by atoms with E-state index in [1.807, 2.05) is 6.07 Å². The van der Waals surface area contributed by atoms with Crippen LogP contribution in [0.15, 0.2) is 30.7 Å². The van der Waals surface area contributed by atoms with Crippen molar-refractivity contribution in [1.82, 2.24) is 19.7 Å². The fourth-order valence-corrected chi connectivity index (χ4v) is 2.77. The molecule has 25 heavy (non-hydrogen) atoms. The van der Waals surface area contributed by atoms with Gasteiger partial charge in [0.2, 0.25) is 0 Å². The Morgan fingerprint density at radius 1 is 1.28 bits per heavy atom. The first kappa shape index (κ1) is 15.1. The van der Waals surface area contributed by atoms with E-state index >= 15 is 0 Å². The lowest BCUT2D eigenvalue weighted by Crippen LogP contribution is -2.28. The van der Waals surface area contributed by atoms with E-state index in [1.165, 1.54) is 17.1 Å². The van der Waals surface area contributed by atoms with E-state index in [0.29, 0.717) is 28.8 Å². The molecule has 8 nitrogen and oxygen atoms in total. The number of aromatic nitrogens is 4. The summed E-state index contributed by atoms with van der Waals surface area (Å²) in [4.78, 5) is 19.9. The Morgan fingerprint density at radius 3 is 2.80 bits per heavy atom. The summed E-state index contributed by atoms with van der Waals surface area (Å²) in [6.07, 6.45) is 7.61. The molecule has 0 radical (unpaired) electrons. The van der Waals surface area contributed by atoms with Crippen molar-refractivity contribution in [3.05, 3.63) is 41.9 Å². The van der Waals surface area contributed by atoms with Crippen LogP contribution in [0, 0.1) is 11.3 Å². The summed E-state index contributed by atoms with van der Waals surface area (Å²) in [6, 6.07) is 5.71. The minimum Gasteiger partial charge on any atom is -0.478 e. The molecular formula is C17H14N6O2. The Labute approximate surface area is 142 Å². The van der Waals surface area contributed by atoms with Gasteiger partial charge >= 0.3 is 5.97 Å². The highest BCUT2D eigenvalue weighted by molar-refractivity contribution is 5.94. The summed E-state index contributed by atoms with van der Waals surface area (Å²) in [7, 11) is 0. The van der Waals surface area contributed by atoms with E-state index in [-0.39, 0.29) is 5.56 Å². The second-order valence-electron chi connectivity index (χ2n) is 5.97. The number of carbonyl (C=O) groups is 1. The van der Waals surface area contributed by atoms with E-state index in [9.17, 15) is 9.90 Å². The van der Waals surface area contributed by atoms with Gasteiger partial charge in [0.15, 0.2) is 11.5 Å². The van der Waals surface area contributed by atoms with E-state index in [0.717, 1.165) is 24.6 Å². The molecular weight excluding hydrogens is 320 g/mol. The van der Waals surface area contributed by atoms with Crippen molar-refractivity contribution in [3.63, 3.8) is 0 Å². The highest BCUT2D eigenvalue weighted by atomic mass is 16.4. The molecule has 1 fully saturated rings. The number of nitrogens with zero attached hydrogens (tertiary/aromatic N) is 5. The van der Waals surface area contributed by atoms with Crippen molar-refractivity contribution in [2.45, 2.75) is 25.3 Å². The number of hydrogen-bond donors (Lipinski definition) is 2. The summed E-state index contributed by atoms with van der Waals surface area (Å²) >= 11 is 0. The van der Waals surface area contributed by atoms with Gasteiger partial charge in [0, 0.05) is 29.9 Å². The average Bonchev–Trinajstić information content (AvgIpc) is 3.00. The van der Waals surface area contributed by atoms with Crippen LogP contribution in [-0.4, -0.2) is 36.9 Å². The van der Waals surface area contributed by atoms with Gasteiger partial charge in [-0.25, -0.2) is 14.8 Å². The first-order valence-corrected chi connectivity index (χ1v) is 7.90. The van der Waals surface area contributed by atoms with Gasteiger partial charge in [-0.3, -0.25) is 0 Å². The molecule has 3 aromatic heterocycles. The van der Waals surface area contributed by atoms with Crippen LogP contribution in [0.4, 0.5) is 5.69 Å². The lowest BCUT2D eigenvalue weighted by atomic mass is 9.93. The van der Waals surface area contributed by atoms with Crippen molar-refractivity contribution in [3.8, 4) is 11.9 Å². The van der Waals surface area contributed by atoms with Gasteiger partial charge in [-0.15, -0.1) is 0 Å². The van der Waals surface area contributed by atoms with Crippen LogP contribution in [0.1, 0.15) is 35.2 Å². The molecule has 4 rings (SSSR count). The van der Waals surface area contributed by atoms with Crippen molar-refractivity contribution < 1.29 is 9.90 Å². The fraction of sp³-hybridized carbons (Fsp3) is 0.235. The van der Waals surface area contributed by atoms with Crippen LogP contribution in [0.25, 0.3) is 16.9 Å². The third-order valence-corrected chi connectivity index (χ3v) is 4.34. The summed E-state index contributed by atoms with van der Waals surface area (Å²) in [5.74, 6) is -0.554. The third-order valence-electron chi connectivity index (χ3n) is 4.34. The maximum Gasteiger partial charge on any atom is 0.339 e. The number of carboxylic acids is 1. The Morgan fingerprint density at radius 2 is 2.12 bits per heavy atom. The molecule has 1 aliphatic carbocycles. The zero-order chi connectivity index (χ0) is 17.4. The van der Waals surface area contributed by atoms with Crippen LogP contribution in [-0.2, 0) is 0 Å². The number of nitrogens with one attached hydrogen (secondary N) is 1. The largest absolute Gasteiger partial charge is 0.478 e. The number of carboxylic acid groups (broad SMARTS) is 1. The number of anilines is 1. The summed E-state index contributed by atoms with van der Waals surface area (Å²) < 4.78 is 1.54. The number of aromatic carboxylic acids is 1. The normalized spacial score (nSPS) is 14.0. The summed E-state index contributed by atoms with van der Waals surface area (Å²) in [5.41, 5.74) is 1.67. The maximum absolute atomic E-state index is 11.4. The minimum atomic E-state index is -1.03. The highest BCUT2D eigenvalue weighted by Gasteiger charge is 2.21. The minimum absolute atomic E-state index is 0.131.